The molecule has 0 amide bonds. The molecule has 28 heavy (non-hydrogen) atoms. The number of rotatable bonds is 4. The highest BCUT2D eigenvalue weighted by Gasteiger charge is 2.21. The number of aliphatic hydroxyl groups excluding tert-OH is 1. The van der Waals surface area contributed by atoms with E-state index in [0.29, 0.717) is 30.8 Å². The first-order valence-corrected chi connectivity index (χ1v) is 9.73. The Labute approximate surface area is 168 Å². The van der Waals surface area contributed by atoms with Crippen molar-refractivity contribution >= 4 is 23.1 Å². The summed E-state index contributed by atoms with van der Waals surface area (Å²) in [5.41, 5.74) is 11.0. The van der Waals surface area contributed by atoms with Gasteiger partial charge in [-0.2, -0.15) is 0 Å². The number of morpholine rings is 1. The zero-order valence-corrected chi connectivity index (χ0v) is 16.8. The summed E-state index contributed by atoms with van der Waals surface area (Å²) in [6.07, 6.45) is -0.494. The van der Waals surface area contributed by atoms with Crippen molar-refractivity contribution in [2.45, 2.75) is 26.5 Å². The van der Waals surface area contributed by atoms with Crippen LogP contribution in [0.3, 0.4) is 0 Å². The fraction of sp³-hybridized carbons (Fsp3) is 0.400. The van der Waals surface area contributed by atoms with Gasteiger partial charge in [0.15, 0.2) is 5.65 Å². The average Bonchev–Trinajstić information content (AvgIpc) is 3.00. The first kappa shape index (κ1) is 19.1. The van der Waals surface area contributed by atoms with Gasteiger partial charge in [0, 0.05) is 30.1 Å². The molecule has 1 unspecified atom stereocenters. The van der Waals surface area contributed by atoms with Gasteiger partial charge < -0.3 is 20.5 Å². The van der Waals surface area contributed by atoms with Crippen molar-refractivity contribution in [3.05, 3.63) is 57.4 Å². The maximum atomic E-state index is 10.2. The van der Waals surface area contributed by atoms with Crippen LogP contribution in [0.2, 0.25) is 5.02 Å². The van der Waals surface area contributed by atoms with E-state index in [1.807, 2.05) is 36.6 Å². The van der Waals surface area contributed by atoms with E-state index in [-0.39, 0.29) is 0 Å². The molecule has 1 aliphatic rings. The van der Waals surface area contributed by atoms with Gasteiger partial charge in [-0.1, -0.05) is 23.7 Å². The fourth-order valence-corrected chi connectivity index (χ4v) is 3.77. The number of ether oxygens (including phenoxy) is 1. The lowest BCUT2D eigenvalue weighted by molar-refractivity contribution is 0.122. The lowest BCUT2D eigenvalue weighted by atomic mass is 10.0. The second-order valence-electron chi connectivity index (χ2n) is 7.08. The molecule has 1 saturated heterocycles. The summed E-state index contributed by atoms with van der Waals surface area (Å²) in [4.78, 5) is 6.79. The van der Waals surface area contributed by atoms with Gasteiger partial charge in [0.2, 0.25) is 0 Å². The van der Waals surface area contributed by atoms with Gasteiger partial charge in [-0.05, 0) is 37.1 Å². The Morgan fingerprint density at radius 3 is 2.75 bits per heavy atom. The number of aryl methyl sites for hydroxylation is 1. The molecule has 148 valence electrons. The predicted molar refractivity (Wildman–Crippen MR) is 109 cm³/mol. The molecule has 3 N–H and O–H groups in total. The number of anilines is 1. The number of aliphatic hydroxyl groups is 1. The number of hydrogen-bond donors (Lipinski definition) is 2. The van der Waals surface area contributed by atoms with E-state index >= 15 is 0 Å². The normalized spacial score (nSPS) is 16.0. The van der Waals surface area contributed by atoms with E-state index in [1.165, 1.54) is 0 Å². The summed E-state index contributed by atoms with van der Waals surface area (Å²) in [6.45, 7) is 6.75. The van der Waals surface area contributed by atoms with E-state index in [9.17, 15) is 5.11 Å². The van der Waals surface area contributed by atoms with Crippen LogP contribution in [0.25, 0.3) is 5.65 Å². The standard InChI is InChI=1S/C20H24ClN5O2/c1-12-14(4-3-5-16(12)21)10-17-13(2)23-20-15(19(22)27)11-18(24-26(17)20)25-6-8-28-9-7-25/h3-5,11,19,27H,6-10,22H2,1-2H3. The molecule has 7 nitrogen and oxygen atoms in total. The summed E-state index contributed by atoms with van der Waals surface area (Å²) in [7, 11) is 0. The van der Waals surface area contributed by atoms with Crippen molar-refractivity contribution in [3.8, 4) is 0 Å². The van der Waals surface area contributed by atoms with Crippen LogP contribution < -0.4 is 10.6 Å². The maximum absolute atomic E-state index is 10.2. The Balaban J connectivity index is 1.85. The zero-order chi connectivity index (χ0) is 19.8. The maximum Gasteiger partial charge on any atom is 0.161 e. The van der Waals surface area contributed by atoms with Gasteiger partial charge in [-0.15, -0.1) is 5.10 Å². The van der Waals surface area contributed by atoms with Gasteiger partial charge in [0.1, 0.15) is 12.0 Å². The fourth-order valence-electron chi connectivity index (χ4n) is 3.57. The Kier molecular flexibility index (Phi) is 5.25. The number of nitrogens with zero attached hydrogens (tertiary/aromatic N) is 4. The molecule has 3 aromatic rings. The van der Waals surface area contributed by atoms with E-state index < -0.39 is 6.23 Å². The van der Waals surface area contributed by atoms with Crippen LogP contribution in [-0.4, -0.2) is 46.0 Å². The van der Waals surface area contributed by atoms with E-state index in [1.54, 1.807) is 0 Å². The van der Waals surface area contributed by atoms with Gasteiger partial charge in [0.05, 0.1) is 24.6 Å². The molecular formula is C20H24ClN5O2. The van der Waals surface area contributed by atoms with Crippen LogP contribution in [-0.2, 0) is 11.2 Å². The van der Waals surface area contributed by atoms with Crippen molar-refractivity contribution in [1.82, 2.24) is 14.6 Å². The summed E-state index contributed by atoms with van der Waals surface area (Å²) in [6, 6.07) is 7.72. The van der Waals surface area contributed by atoms with Crippen molar-refractivity contribution in [1.29, 1.82) is 0 Å². The highest BCUT2D eigenvalue weighted by Crippen LogP contribution is 2.27. The minimum Gasteiger partial charge on any atom is -0.378 e. The van der Waals surface area contributed by atoms with E-state index in [0.717, 1.165) is 46.4 Å². The zero-order valence-electron chi connectivity index (χ0n) is 16.0. The van der Waals surface area contributed by atoms with Crippen LogP contribution in [0, 0.1) is 13.8 Å². The van der Waals surface area contributed by atoms with Crippen LogP contribution in [0.5, 0.6) is 0 Å². The van der Waals surface area contributed by atoms with E-state index in [4.69, 9.17) is 27.2 Å². The summed E-state index contributed by atoms with van der Waals surface area (Å²) in [5.74, 6) is 0.761. The molecule has 1 fully saturated rings. The molecule has 3 heterocycles. The lowest BCUT2D eigenvalue weighted by Gasteiger charge is -2.28. The van der Waals surface area contributed by atoms with Gasteiger partial charge >= 0.3 is 0 Å². The molecule has 1 aliphatic heterocycles. The second-order valence-corrected chi connectivity index (χ2v) is 7.49. The number of aromatic nitrogens is 3. The Hall–Kier alpha value is -2.19. The quantitative estimate of drug-likeness (QED) is 0.652. The smallest absolute Gasteiger partial charge is 0.161 e. The van der Waals surface area contributed by atoms with Crippen molar-refractivity contribution < 1.29 is 9.84 Å². The molecule has 1 aromatic carbocycles. The van der Waals surface area contributed by atoms with Crippen LogP contribution >= 0.6 is 11.6 Å². The number of fused-ring (bicyclic) bond motifs is 1. The monoisotopic (exact) mass is 401 g/mol. The van der Waals surface area contributed by atoms with Crippen LogP contribution in [0.4, 0.5) is 5.82 Å². The molecule has 0 radical (unpaired) electrons. The minimum atomic E-state index is -1.13. The van der Waals surface area contributed by atoms with Crippen molar-refractivity contribution in [2.75, 3.05) is 31.2 Å². The third-order valence-electron chi connectivity index (χ3n) is 5.28. The topological polar surface area (TPSA) is 88.9 Å². The highest BCUT2D eigenvalue weighted by atomic mass is 35.5. The summed E-state index contributed by atoms with van der Waals surface area (Å²) in [5, 5.41) is 15.7. The molecule has 2 aromatic heterocycles. The summed E-state index contributed by atoms with van der Waals surface area (Å²) < 4.78 is 7.25. The molecule has 1 atom stereocenters. The molecule has 0 saturated carbocycles. The SMILES string of the molecule is Cc1nc2c(C(N)O)cc(N3CCOCC3)nn2c1Cc1cccc(Cl)c1C. The molecule has 0 bridgehead atoms. The van der Waals surface area contributed by atoms with E-state index in [2.05, 4.69) is 16.0 Å². The first-order valence-electron chi connectivity index (χ1n) is 9.35. The lowest BCUT2D eigenvalue weighted by Crippen LogP contribution is -2.37. The molecule has 8 heteroatoms. The molecule has 0 spiro atoms. The Morgan fingerprint density at radius 1 is 1.29 bits per heavy atom. The number of imidazole rings is 1. The molecule has 4 rings (SSSR count). The van der Waals surface area contributed by atoms with Gasteiger partial charge in [0.25, 0.3) is 0 Å². The Bertz CT molecular complexity index is 1010. The number of benzene rings is 1. The predicted octanol–water partition coefficient (Wildman–Crippen LogP) is 2.38. The number of nitrogens with two attached hydrogens (primary N) is 1. The molecular weight excluding hydrogens is 378 g/mol. The van der Waals surface area contributed by atoms with Crippen molar-refractivity contribution in [2.24, 2.45) is 5.73 Å². The van der Waals surface area contributed by atoms with Crippen LogP contribution in [0.1, 0.15) is 34.3 Å². The Morgan fingerprint density at radius 2 is 2.04 bits per heavy atom. The average molecular weight is 402 g/mol. The first-order chi connectivity index (χ1) is 13.5. The highest BCUT2D eigenvalue weighted by molar-refractivity contribution is 6.31. The van der Waals surface area contributed by atoms with Gasteiger partial charge in [-0.3, -0.25) is 0 Å². The third-order valence-corrected chi connectivity index (χ3v) is 5.69. The van der Waals surface area contributed by atoms with Gasteiger partial charge in [-0.25, -0.2) is 9.50 Å². The molecule has 0 aliphatic carbocycles. The second kappa shape index (κ2) is 7.67. The summed E-state index contributed by atoms with van der Waals surface area (Å²) >= 11 is 6.30. The largest absolute Gasteiger partial charge is 0.378 e. The van der Waals surface area contributed by atoms with Crippen molar-refractivity contribution in [3.63, 3.8) is 0 Å². The third kappa shape index (κ3) is 3.46. The van der Waals surface area contributed by atoms with Crippen LogP contribution in [0.15, 0.2) is 24.3 Å². The minimum absolute atomic E-state index is 0.564. The number of halogens is 1. The number of hydrogen-bond acceptors (Lipinski definition) is 6.